The molecular weight excluding hydrogens is 148 g/mol. The largest absolute Gasteiger partial charge is 0.351 e. The minimum absolute atomic E-state index is 0.298. The Hall–Kier alpha value is -1.38. The second-order valence-corrected chi connectivity index (χ2v) is 2.27. The van der Waals surface area contributed by atoms with E-state index in [9.17, 15) is 8.78 Å². The van der Waals surface area contributed by atoms with Crippen molar-refractivity contribution < 1.29 is 8.78 Å². The molecule has 2 aromatic rings. The lowest BCUT2D eigenvalue weighted by Gasteiger charge is -1.91. The molecule has 0 saturated carbocycles. The summed E-state index contributed by atoms with van der Waals surface area (Å²) >= 11 is 0. The van der Waals surface area contributed by atoms with Crippen LogP contribution < -0.4 is 0 Å². The zero-order valence-electron chi connectivity index (χ0n) is 5.49. The van der Waals surface area contributed by atoms with E-state index in [2.05, 4.69) is 11.2 Å². The molecule has 0 bridgehead atoms. The van der Waals surface area contributed by atoms with Crippen LogP contribution in [0.25, 0.3) is 10.9 Å². The van der Waals surface area contributed by atoms with Crippen LogP contribution in [0.2, 0.25) is 0 Å². The van der Waals surface area contributed by atoms with Gasteiger partial charge in [-0.25, -0.2) is 8.78 Å². The minimum Gasteiger partial charge on any atom is -0.351 e. The van der Waals surface area contributed by atoms with Crippen LogP contribution in [0.5, 0.6) is 0 Å². The highest BCUT2D eigenvalue weighted by atomic mass is 19.1. The summed E-state index contributed by atoms with van der Waals surface area (Å²) in [6.45, 7) is 0. The molecule has 0 spiro atoms. The van der Waals surface area contributed by atoms with E-state index in [1.165, 1.54) is 12.1 Å². The zero-order valence-corrected chi connectivity index (χ0v) is 5.49. The van der Waals surface area contributed by atoms with Crippen LogP contribution in [-0.4, -0.2) is 4.98 Å². The lowest BCUT2D eigenvalue weighted by molar-refractivity contribution is 0.591. The summed E-state index contributed by atoms with van der Waals surface area (Å²) in [6.07, 6.45) is 2.57. The highest BCUT2D eigenvalue weighted by Gasteiger charge is 2.03. The second kappa shape index (κ2) is 2.05. The number of halogens is 2. The van der Waals surface area contributed by atoms with Gasteiger partial charge in [-0.05, 0) is 12.1 Å². The number of hydrogen-bond acceptors (Lipinski definition) is 0. The Morgan fingerprint density at radius 2 is 2.09 bits per heavy atom. The fraction of sp³-hybridized carbons (Fsp3) is 0. The van der Waals surface area contributed by atoms with Gasteiger partial charge in [0.15, 0.2) is 0 Å². The van der Waals surface area contributed by atoms with Crippen molar-refractivity contribution in [1.82, 2.24) is 4.98 Å². The van der Waals surface area contributed by atoms with Gasteiger partial charge >= 0.3 is 0 Å². The molecular formula is C8H4F2N. The first-order valence-corrected chi connectivity index (χ1v) is 3.11. The molecule has 2 rings (SSSR count). The number of benzene rings is 1. The number of aromatic nitrogens is 1. The van der Waals surface area contributed by atoms with Gasteiger partial charge in [-0.3, -0.25) is 0 Å². The molecule has 55 valence electrons. The number of rotatable bonds is 0. The Morgan fingerprint density at radius 1 is 1.27 bits per heavy atom. The molecule has 1 N–H and O–H groups in total. The smallest absolute Gasteiger partial charge is 0.150 e. The molecule has 0 unspecified atom stereocenters. The second-order valence-electron chi connectivity index (χ2n) is 2.27. The van der Waals surface area contributed by atoms with E-state index in [-0.39, 0.29) is 0 Å². The van der Waals surface area contributed by atoms with Crippen molar-refractivity contribution in [3.63, 3.8) is 0 Å². The topological polar surface area (TPSA) is 15.8 Å². The fourth-order valence-electron chi connectivity index (χ4n) is 1.03. The van der Waals surface area contributed by atoms with Crippen molar-refractivity contribution >= 4 is 10.9 Å². The first-order chi connectivity index (χ1) is 5.27. The maximum absolute atomic E-state index is 12.8. The van der Waals surface area contributed by atoms with Crippen LogP contribution in [0.15, 0.2) is 18.2 Å². The van der Waals surface area contributed by atoms with E-state index < -0.39 is 11.6 Å². The first-order valence-electron chi connectivity index (χ1n) is 3.11. The molecule has 3 heteroatoms. The van der Waals surface area contributed by atoms with Crippen LogP contribution in [0.3, 0.4) is 0 Å². The summed E-state index contributed by atoms with van der Waals surface area (Å²) in [5, 5.41) is 0.502. The van der Waals surface area contributed by atoms with Gasteiger partial charge in [0, 0.05) is 11.5 Å². The average Bonchev–Trinajstić information content (AvgIpc) is 2.34. The van der Waals surface area contributed by atoms with E-state index in [0.29, 0.717) is 10.9 Å². The highest BCUT2D eigenvalue weighted by Crippen LogP contribution is 2.16. The Bertz CT molecular complexity index is 392. The highest BCUT2D eigenvalue weighted by molar-refractivity contribution is 5.79. The SMILES string of the molecule is Fc1cc(F)c2[nH][c]cc2c1. The summed E-state index contributed by atoms with van der Waals surface area (Å²) < 4.78 is 25.3. The molecule has 1 aromatic carbocycles. The Kier molecular flexibility index (Phi) is 1.18. The van der Waals surface area contributed by atoms with Gasteiger partial charge in [-0.15, -0.1) is 0 Å². The van der Waals surface area contributed by atoms with Gasteiger partial charge in [0.25, 0.3) is 0 Å². The maximum Gasteiger partial charge on any atom is 0.150 e. The Balaban J connectivity index is 2.91. The molecule has 1 radical (unpaired) electrons. The first kappa shape index (κ1) is 6.34. The molecule has 0 aliphatic rings. The molecule has 0 fully saturated rings. The van der Waals surface area contributed by atoms with Gasteiger partial charge in [0.1, 0.15) is 11.6 Å². The average molecular weight is 152 g/mol. The third-order valence-electron chi connectivity index (χ3n) is 1.51. The number of fused-ring (bicyclic) bond motifs is 1. The quantitative estimate of drug-likeness (QED) is 0.595. The molecule has 1 heterocycles. The Labute approximate surface area is 61.7 Å². The maximum atomic E-state index is 12.8. The van der Waals surface area contributed by atoms with E-state index in [1.54, 1.807) is 0 Å². The minimum atomic E-state index is -0.582. The van der Waals surface area contributed by atoms with Crippen LogP contribution in [0, 0.1) is 17.8 Å². The van der Waals surface area contributed by atoms with Crippen LogP contribution >= 0.6 is 0 Å². The van der Waals surface area contributed by atoms with Gasteiger partial charge in [-0.2, -0.15) is 0 Å². The van der Waals surface area contributed by atoms with Gasteiger partial charge < -0.3 is 4.98 Å². The van der Waals surface area contributed by atoms with Crippen molar-refractivity contribution in [2.24, 2.45) is 0 Å². The van der Waals surface area contributed by atoms with Crippen molar-refractivity contribution in [3.05, 3.63) is 36.0 Å². The van der Waals surface area contributed by atoms with Crippen LogP contribution in [-0.2, 0) is 0 Å². The van der Waals surface area contributed by atoms with Gasteiger partial charge in [-0.1, -0.05) is 0 Å². The number of aromatic amines is 1. The Morgan fingerprint density at radius 3 is 2.91 bits per heavy atom. The lowest BCUT2D eigenvalue weighted by atomic mass is 10.2. The van der Waals surface area contributed by atoms with Crippen molar-refractivity contribution in [3.8, 4) is 0 Å². The third-order valence-corrected chi connectivity index (χ3v) is 1.51. The van der Waals surface area contributed by atoms with Crippen LogP contribution in [0.4, 0.5) is 8.78 Å². The zero-order chi connectivity index (χ0) is 7.84. The molecule has 1 aromatic heterocycles. The number of hydrogen-bond donors (Lipinski definition) is 1. The summed E-state index contributed by atoms with van der Waals surface area (Å²) in [6, 6.07) is 3.60. The van der Waals surface area contributed by atoms with E-state index in [0.717, 1.165) is 6.07 Å². The van der Waals surface area contributed by atoms with Gasteiger partial charge in [0.05, 0.1) is 11.7 Å². The molecule has 1 nitrogen and oxygen atoms in total. The van der Waals surface area contributed by atoms with E-state index >= 15 is 0 Å². The third kappa shape index (κ3) is 0.888. The monoisotopic (exact) mass is 152 g/mol. The summed E-state index contributed by atoms with van der Waals surface area (Å²) in [7, 11) is 0. The molecule has 0 atom stereocenters. The predicted molar refractivity (Wildman–Crippen MR) is 37.1 cm³/mol. The summed E-state index contributed by atoms with van der Waals surface area (Å²) in [5.74, 6) is -1.15. The molecule has 0 aliphatic heterocycles. The van der Waals surface area contributed by atoms with Gasteiger partial charge in [0.2, 0.25) is 0 Å². The molecule has 0 aliphatic carbocycles. The standard InChI is InChI=1S/C8H4F2N/c9-6-3-5-1-2-11-8(5)7(10)4-6/h1,3-4,11H. The predicted octanol–water partition coefficient (Wildman–Crippen LogP) is 2.25. The van der Waals surface area contributed by atoms with Crippen molar-refractivity contribution in [2.75, 3.05) is 0 Å². The molecule has 0 amide bonds. The molecule has 0 saturated heterocycles. The molecule has 11 heavy (non-hydrogen) atoms. The summed E-state index contributed by atoms with van der Waals surface area (Å²) in [5.41, 5.74) is 0.298. The van der Waals surface area contributed by atoms with Crippen molar-refractivity contribution in [1.29, 1.82) is 0 Å². The lowest BCUT2D eigenvalue weighted by Crippen LogP contribution is -1.80. The van der Waals surface area contributed by atoms with Crippen LogP contribution in [0.1, 0.15) is 0 Å². The van der Waals surface area contributed by atoms with E-state index in [4.69, 9.17) is 0 Å². The number of nitrogens with one attached hydrogen (secondary N) is 1. The van der Waals surface area contributed by atoms with E-state index in [1.807, 2.05) is 0 Å². The van der Waals surface area contributed by atoms with Crippen molar-refractivity contribution in [2.45, 2.75) is 0 Å². The fourth-order valence-corrected chi connectivity index (χ4v) is 1.03. The summed E-state index contributed by atoms with van der Waals surface area (Å²) in [4.78, 5) is 2.55. The number of H-pyrrole nitrogens is 1. The normalized spacial score (nSPS) is 10.7.